The molecule has 0 aliphatic rings. The van der Waals surface area contributed by atoms with Crippen molar-refractivity contribution in [3.63, 3.8) is 0 Å². The van der Waals surface area contributed by atoms with Crippen molar-refractivity contribution in [3.05, 3.63) is 94.2 Å². The van der Waals surface area contributed by atoms with Gasteiger partial charge in [-0.05, 0) is 57.9 Å². The van der Waals surface area contributed by atoms with E-state index in [1.807, 2.05) is 5.43 Å². The van der Waals surface area contributed by atoms with E-state index in [9.17, 15) is 18.8 Å². The maximum Gasteiger partial charge on any atom is 0.344 e. The second-order valence-corrected chi connectivity index (χ2v) is 6.93. The molecular weight excluding hydrogens is 469 g/mol. The Morgan fingerprint density at radius 3 is 2.45 bits per heavy atom. The molecule has 0 heterocycles. The number of carbonyl (C=O) groups is 3. The van der Waals surface area contributed by atoms with Gasteiger partial charge in [-0.2, -0.15) is 5.10 Å². The van der Waals surface area contributed by atoms with Crippen LogP contribution in [-0.4, -0.2) is 24.0 Å². The number of nitrogens with zero attached hydrogens (tertiary/aromatic N) is 1. The van der Waals surface area contributed by atoms with Crippen LogP contribution in [0.4, 0.5) is 10.1 Å². The number of hydrogen-bond acceptors (Lipinski definition) is 5. The van der Waals surface area contributed by atoms with Crippen LogP contribution < -0.4 is 15.5 Å². The Hall–Kier alpha value is -3.85. The van der Waals surface area contributed by atoms with E-state index in [-0.39, 0.29) is 11.4 Å². The van der Waals surface area contributed by atoms with Crippen LogP contribution in [0.15, 0.2) is 82.4 Å². The van der Waals surface area contributed by atoms with E-state index in [0.29, 0.717) is 15.6 Å². The van der Waals surface area contributed by atoms with Crippen molar-refractivity contribution < 1.29 is 23.5 Å². The van der Waals surface area contributed by atoms with Crippen molar-refractivity contribution in [2.75, 3.05) is 5.32 Å². The summed E-state index contributed by atoms with van der Waals surface area (Å²) in [7, 11) is 0. The maximum atomic E-state index is 13.5. The molecule has 0 fully saturated rings. The number of ether oxygens (including phenoxy) is 1. The maximum absolute atomic E-state index is 13.5. The van der Waals surface area contributed by atoms with Crippen LogP contribution in [0.25, 0.3) is 0 Å². The number of amides is 2. The van der Waals surface area contributed by atoms with Gasteiger partial charge in [0.25, 0.3) is 0 Å². The number of halogens is 2. The van der Waals surface area contributed by atoms with Crippen LogP contribution in [0, 0.1) is 5.82 Å². The smallest absolute Gasteiger partial charge is 0.344 e. The lowest BCUT2D eigenvalue weighted by Crippen LogP contribution is -2.32. The van der Waals surface area contributed by atoms with Crippen molar-refractivity contribution >= 4 is 45.6 Å². The monoisotopic (exact) mass is 483 g/mol. The van der Waals surface area contributed by atoms with E-state index in [4.69, 9.17) is 4.74 Å². The Morgan fingerprint density at radius 2 is 1.68 bits per heavy atom. The summed E-state index contributed by atoms with van der Waals surface area (Å²) in [6.07, 6.45) is 1.27. The second kappa shape index (κ2) is 10.3. The first-order valence-corrected chi connectivity index (χ1v) is 9.69. The Balaban J connectivity index is 1.58. The first-order valence-electron chi connectivity index (χ1n) is 8.90. The lowest BCUT2D eigenvalue weighted by molar-refractivity contribution is -0.136. The molecular formula is C22H15BrFN3O4. The second-order valence-electron chi connectivity index (χ2n) is 6.07. The number of para-hydroxylation sites is 1. The van der Waals surface area contributed by atoms with Crippen molar-refractivity contribution in [2.24, 2.45) is 5.10 Å². The molecule has 0 unspecified atom stereocenters. The van der Waals surface area contributed by atoms with Gasteiger partial charge in [0, 0.05) is 4.47 Å². The molecule has 7 nitrogen and oxygen atoms in total. The van der Waals surface area contributed by atoms with Crippen LogP contribution in [-0.2, 0) is 9.59 Å². The number of esters is 1. The molecule has 0 aromatic heterocycles. The van der Waals surface area contributed by atoms with E-state index < -0.39 is 23.6 Å². The van der Waals surface area contributed by atoms with Crippen LogP contribution in [0.3, 0.4) is 0 Å². The normalized spacial score (nSPS) is 10.5. The zero-order chi connectivity index (χ0) is 22.2. The number of benzene rings is 3. The molecule has 156 valence electrons. The average Bonchev–Trinajstić information content (AvgIpc) is 2.75. The predicted molar refractivity (Wildman–Crippen MR) is 116 cm³/mol. The van der Waals surface area contributed by atoms with Gasteiger partial charge in [-0.3, -0.25) is 9.59 Å². The number of carbonyl (C=O) groups excluding carboxylic acids is 3. The van der Waals surface area contributed by atoms with E-state index >= 15 is 0 Å². The number of hydrogen-bond donors (Lipinski definition) is 2. The third kappa shape index (κ3) is 6.06. The van der Waals surface area contributed by atoms with Gasteiger partial charge < -0.3 is 10.1 Å². The fourth-order valence-corrected chi connectivity index (χ4v) is 2.85. The van der Waals surface area contributed by atoms with E-state index in [1.165, 1.54) is 30.5 Å². The molecule has 9 heteroatoms. The highest BCUT2D eigenvalue weighted by atomic mass is 79.9. The minimum atomic E-state index is -1.07. The fourth-order valence-electron chi connectivity index (χ4n) is 2.40. The molecule has 0 bridgehead atoms. The van der Waals surface area contributed by atoms with E-state index in [0.717, 1.165) is 6.07 Å². The van der Waals surface area contributed by atoms with Crippen molar-refractivity contribution in [1.82, 2.24) is 5.43 Å². The Kier molecular flexibility index (Phi) is 7.23. The Morgan fingerprint density at radius 1 is 0.935 bits per heavy atom. The highest BCUT2D eigenvalue weighted by molar-refractivity contribution is 9.10. The van der Waals surface area contributed by atoms with Crippen molar-refractivity contribution in [3.8, 4) is 5.75 Å². The predicted octanol–water partition coefficient (Wildman–Crippen LogP) is 3.90. The number of nitrogens with one attached hydrogen (secondary N) is 2. The largest absolute Gasteiger partial charge is 0.423 e. The van der Waals surface area contributed by atoms with Gasteiger partial charge >= 0.3 is 17.8 Å². The number of hydrazone groups is 1. The van der Waals surface area contributed by atoms with Crippen LogP contribution >= 0.6 is 15.9 Å². The lowest BCUT2D eigenvalue weighted by Gasteiger charge is -2.06. The average molecular weight is 484 g/mol. The zero-order valence-electron chi connectivity index (χ0n) is 15.8. The van der Waals surface area contributed by atoms with Gasteiger partial charge in [0.15, 0.2) is 0 Å². The van der Waals surface area contributed by atoms with Gasteiger partial charge in [0.2, 0.25) is 0 Å². The number of rotatable bonds is 5. The minimum Gasteiger partial charge on any atom is -0.423 e. The number of anilines is 1. The summed E-state index contributed by atoms with van der Waals surface area (Å²) in [5.41, 5.74) is 2.80. The van der Waals surface area contributed by atoms with Crippen molar-refractivity contribution in [1.29, 1.82) is 0 Å². The molecule has 3 aromatic rings. The standard InChI is InChI=1S/C22H15BrFN3O4/c23-17-9-2-1-8-16(17)22(30)31-15-7-5-6-14(12-15)13-25-27-21(29)20(28)26-19-11-4-3-10-18(19)24/h1-13H,(H,26,28)(H,27,29). The van der Waals surface area contributed by atoms with Crippen LogP contribution in [0.2, 0.25) is 0 Å². The summed E-state index contributed by atoms with van der Waals surface area (Å²) in [6.45, 7) is 0. The Labute approximate surface area is 185 Å². The quantitative estimate of drug-likeness (QED) is 0.189. The zero-order valence-corrected chi connectivity index (χ0v) is 17.4. The molecule has 0 aliphatic heterocycles. The summed E-state index contributed by atoms with van der Waals surface area (Å²) in [5, 5.41) is 5.84. The summed E-state index contributed by atoms with van der Waals surface area (Å²) in [6, 6.07) is 18.7. The first-order chi connectivity index (χ1) is 14.9. The summed E-state index contributed by atoms with van der Waals surface area (Å²) < 4.78 is 19.5. The van der Waals surface area contributed by atoms with Crippen LogP contribution in [0.1, 0.15) is 15.9 Å². The molecule has 0 radical (unpaired) electrons. The third-order valence-electron chi connectivity index (χ3n) is 3.87. The topological polar surface area (TPSA) is 96.9 Å². The van der Waals surface area contributed by atoms with Crippen molar-refractivity contribution in [2.45, 2.75) is 0 Å². The van der Waals surface area contributed by atoms with E-state index in [1.54, 1.807) is 42.5 Å². The molecule has 0 spiro atoms. The SMILES string of the molecule is O=C(NN=Cc1cccc(OC(=O)c2ccccc2Br)c1)C(=O)Nc1ccccc1F. The Bertz CT molecular complexity index is 1170. The van der Waals surface area contributed by atoms with E-state index in [2.05, 4.69) is 26.3 Å². The molecule has 0 saturated carbocycles. The minimum absolute atomic E-state index is 0.119. The molecule has 0 atom stereocenters. The molecule has 3 rings (SSSR count). The molecule has 3 aromatic carbocycles. The molecule has 0 aliphatic carbocycles. The molecule has 0 saturated heterocycles. The van der Waals surface area contributed by atoms with Gasteiger partial charge in [0.05, 0.1) is 17.5 Å². The fraction of sp³-hybridized carbons (Fsp3) is 0. The highest BCUT2D eigenvalue weighted by Gasteiger charge is 2.15. The highest BCUT2D eigenvalue weighted by Crippen LogP contribution is 2.19. The van der Waals surface area contributed by atoms with Gasteiger partial charge in [-0.15, -0.1) is 0 Å². The molecule has 31 heavy (non-hydrogen) atoms. The van der Waals surface area contributed by atoms with Crippen LogP contribution in [0.5, 0.6) is 5.75 Å². The molecule has 2 N–H and O–H groups in total. The lowest BCUT2D eigenvalue weighted by atomic mass is 10.2. The van der Waals surface area contributed by atoms with Gasteiger partial charge in [-0.1, -0.05) is 36.4 Å². The third-order valence-corrected chi connectivity index (χ3v) is 4.56. The summed E-state index contributed by atoms with van der Waals surface area (Å²) >= 11 is 3.29. The molecule has 2 amide bonds. The first kappa shape index (κ1) is 21.8. The van der Waals surface area contributed by atoms with Gasteiger partial charge in [0.1, 0.15) is 11.6 Å². The summed E-state index contributed by atoms with van der Waals surface area (Å²) in [4.78, 5) is 35.9. The van der Waals surface area contributed by atoms with Gasteiger partial charge in [-0.25, -0.2) is 14.6 Å². The summed E-state index contributed by atoms with van der Waals surface area (Å²) in [5.74, 6) is -3.08.